The molecule has 76 heavy (non-hydrogen) atoms. The first-order valence-electron chi connectivity index (χ1n) is 26.2. The normalized spacial score (nSPS) is 27.2. The van der Waals surface area contributed by atoms with E-state index in [9.17, 15) is 46.1 Å². The molecule has 0 spiro atoms. The van der Waals surface area contributed by atoms with E-state index in [0.29, 0.717) is 19.2 Å². The van der Waals surface area contributed by atoms with E-state index in [-0.39, 0.29) is 67.5 Å². The molecule has 2 N–H and O–H groups in total. The van der Waals surface area contributed by atoms with Crippen molar-refractivity contribution in [3.63, 3.8) is 0 Å². The Bertz CT molecular complexity index is 2720. The van der Waals surface area contributed by atoms with Crippen LogP contribution in [0, 0.1) is 42.6 Å². The number of fused-ring (bicyclic) bond motifs is 2. The molecule has 0 bridgehead atoms. The van der Waals surface area contributed by atoms with Gasteiger partial charge >= 0.3 is 12.4 Å². The third-order valence-electron chi connectivity index (χ3n) is 16.9. The third-order valence-corrected chi connectivity index (χ3v) is 19.3. The van der Waals surface area contributed by atoms with Gasteiger partial charge in [0.05, 0.1) is 22.5 Å². The molecule has 8 nitrogen and oxygen atoms in total. The molecule has 2 aliphatic heterocycles. The average Bonchev–Trinajstić information content (AvgIpc) is 4.21. The van der Waals surface area contributed by atoms with Gasteiger partial charge in [-0.3, -0.25) is 19.4 Å². The molecule has 6 aliphatic carbocycles. The van der Waals surface area contributed by atoms with Crippen LogP contribution >= 0.6 is 91.6 Å². The van der Waals surface area contributed by atoms with Crippen LogP contribution in [-0.4, -0.2) is 83.2 Å². The Balaban J connectivity index is 0.000000162. The number of benzene rings is 4. The molecule has 408 valence electrons. The van der Waals surface area contributed by atoms with Crippen molar-refractivity contribution in [3.8, 4) is 0 Å². The highest BCUT2D eigenvalue weighted by Crippen LogP contribution is 2.55. The zero-order chi connectivity index (χ0) is 54.0. The smallest absolute Gasteiger partial charge is 0.372 e. The Kier molecular flexibility index (Phi) is 15.4. The fourth-order valence-corrected chi connectivity index (χ4v) is 14.5. The number of carbonyl (C=O) groups is 2. The lowest BCUT2D eigenvalue weighted by Gasteiger charge is -2.44. The molecular weight excluding hydrogens is 1300 g/mol. The first kappa shape index (κ1) is 55.8. The Hall–Kier alpha value is -2.14. The summed E-state index contributed by atoms with van der Waals surface area (Å²) in [5.41, 5.74) is -8.13. The summed E-state index contributed by atoms with van der Waals surface area (Å²) >= 11 is 28.4. The lowest BCUT2D eigenvalue weighted by molar-refractivity contribution is -0.143. The first-order valence-corrected chi connectivity index (χ1v) is 29.9. The second kappa shape index (κ2) is 21.0. The standard InChI is InChI=1S/2C28H28Cl2F3IN2O2/c2*29-18-5-6-21(23(30)9-18)27(38)25-22(28(31,32)33)10-19(34)11-24(25)36(26(27)37)14-17-7-20(8-17)35(12-15-1-2-15)13-16-3-4-16/h2*5-6,9-11,15-17,20,38H,1-4,7-8,12-14H2. The number of alkyl halides is 6. The van der Waals surface area contributed by atoms with Crippen LogP contribution in [0.1, 0.15) is 110 Å². The zero-order valence-electron chi connectivity index (χ0n) is 41.2. The topological polar surface area (TPSA) is 87.6 Å². The molecule has 6 saturated carbocycles. The summed E-state index contributed by atoms with van der Waals surface area (Å²) in [6.45, 7) is 5.02. The largest absolute Gasteiger partial charge is 0.416 e. The van der Waals surface area contributed by atoms with Crippen LogP contribution in [0.4, 0.5) is 37.7 Å². The minimum Gasteiger partial charge on any atom is -0.372 e. The minimum absolute atomic E-state index is 0.0627. The van der Waals surface area contributed by atoms with Crippen molar-refractivity contribution in [3.05, 3.63) is 121 Å². The van der Waals surface area contributed by atoms with E-state index < -0.39 is 57.6 Å². The third kappa shape index (κ3) is 11.2. The van der Waals surface area contributed by atoms with Crippen molar-refractivity contribution in [2.24, 2.45) is 35.5 Å². The molecule has 4 aromatic rings. The van der Waals surface area contributed by atoms with E-state index in [1.54, 1.807) is 12.1 Å². The van der Waals surface area contributed by atoms with Gasteiger partial charge in [0.1, 0.15) is 0 Å². The van der Waals surface area contributed by atoms with Gasteiger partial charge in [-0.05, 0) is 206 Å². The van der Waals surface area contributed by atoms with Crippen LogP contribution in [0.5, 0.6) is 0 Å². The minimum atomic E-state index is -4.78. The molecule has 2 amide bonds. The molecule has 0 aromatic heterocycles. The number of amides is 2. The van der Waals surface area contributed by atoms with Gasteiger partial charge in [-0.2, -0.15) is 26.3 Å². The zero-order valence-corrected chi connectivity index (χ0v) is 48.5. The Labute approximate surface area is 485 Å². The van der Waals surface area contributed by atoms with Crippen LogP contribution < -0.4 is 9.80 Å². The van der Waals surface area contributed by atoms with Gasteiger partial charge in [0, 0.05) is 101 Å². The lowest BCUT2D eigenvalue weighted by atomic mass is 9.78. The fraction of sp³-hybridized carbons (Fsp3) is 0.536. The van der Waals surface area contributed by atoms with E-state index in [2.05, 4.69) is 9.80 Å². The molecule has 2 heterocycles. The molecular formula is C56H56Cl4F6I2N4O4. The van der Waals surface area contributed by atoms with Crippen LogP contribution in [0.3, 0.4) is 0 Å². The van der Waals surface area contributed by atoms with E-state index in [1.165, 1.54) is 97.6 Å². The predicted octanol–water partition coefficient (Wildman–Crippen LogP) is 14.2. The molecule has 6 fully saturated rings. The molecule has 12 rings (SSSR count). The molecule has 0 saturated heterocycles. The highest BCUT2D eigenvalue weighted by Gasteiger charge is 2.59. The van der Waals surface area contributed by atoms with Crippen molar-refractivity contribution >= 4 is 115 Å². The van der Waals surface area contributed by atoms with Gasteiger partial charge in [0.15, 0.2) is 11.2 Å². The fourth-order valence-electron chi connectivity index (χ4n) is 12.2. The summed E-state index contributed by atoms with van der Waals surface area (Å²) in [7, 11) is 0. The van der Waals surface area contributed by atoms with Crippen molar-refractivity contribution in [2.45, 2.75) is 113 Å². The molecule has 4 aromatic carbocycles. The maximum atomic E-state index is 14.3. The number of aliphatic hydroxyl groups is 2. The van der Waals surface area contributed by atoms with Gasteiger partial charge < -0.3 is 20.0 Å². The van der Waals surface area contributed by atoms with Gasteiger partial charge in [-0.1, -0.05) is 58.5 Å². The lowest BCUT2D eigenvalue weighted by Crippen LogP contribution is -2.51. The number of nitrogens with zero attached hydrogens (tertiary/aromatic N) is 4. The molecule has 20 heteroatoms. The predicted molar refractivity (Wildman–Crippen MR) is 299 cm³/mol. The summed E-state index contributed by atoms with van der Waals surface area (Å²) in [5, 5.41) is 24.2. The summed E-state index contributed by atoms with van der Waals surface area (Å²) in [6, 6.07) is 14.1. The van der Waals surface area contributed by atoms with Gasteiger partial charge in [0.2, 0.25) is 0 Å². The first-order chi connectivity index (χ1) is 35.9. The summed E-state index contributed by atoms with van der Waals surface area (Å²) < 4.78 is 86.4. The van der Waals surface area contributed by atoms with Crippen molar-refractivity contribution in [1.29, 1.82) is 0 Å². The maximum absolute atomic E-state index is 14.3. The van der Waals surface area contributed by atoms with Crippen molar-refractivity contribution in [2.75, 3.05) is 49.1 Å². The van der Waals surface area contributed by atoms with Gasteiger partial charge in [-0.25, -0.2) is 0 Å². The molecule has 2 atom stereocenters. The maximum Gasteiger partial charge on any atom is 0.416 e. The molecule has 2 unspecified atom stereocenters. The number of halogens is 12. The second-order valence-corrected chi connectivity index (χ2v) is 27.0. The second-order valence-electron chi connectivity index (χ2n) is 22.9. The SMILES string of the molecule is O=C1N(CC2CC(N(CC3CC3)CC3CC3)C2)c2cc(I)cc(C(F)(F)F)c2C1(O)c1ccc(Cl)cc1Cl.O=C1N(CC2CC(N(CC3CC3)CC3CC3)C2)c2cc(I)cc(C(F)(F)F)c2C1(O)c1ccc(Cl)cc1Cl. The number of rotatable bonds is 16. The van der Waals surface area contributed by atoms with E-state index in [0.717, 1.165) is 87.7 Å². The summed E-state index contributed by atoms with van der Waals surface area (Å²) in [5.74, 6) is 1.86. The highest BCUT2D eigenvalue weighted by atomic mass is 127. The highest BCUT2D eigenvalue weighted by molar-refractivity contribution is 14.1. The van der Waals surface area contributed by atoms with Crippen LogP contribution in [-0.2, 0) is 33.1 Å². The Morgan fingerprint density at radius 3 is 1.11 bits per heavy atom. The number of hydrogen-bond acceptors (Lipinski definition) is 6. The Morgan fingerprint density at radius 2 is 0.829 bits per heavy atom. The summed E-state index contributed by atoms with van der Waals surface area (Å²) in [6.07, 6.45) is 4.39. The van der Waals surface area contributed by atoms with Crippen LogP contribution in [0.2, 0.25) is 20.1 Å². The van der Waals surface area contributed by atoms with Crippen LogP contribution in [0.25, 0.3) is 0 Å². The van der Waals surface area contributed by atoms with Gasteiger partial charge in [0.25, 0.3) is 11.8 Å². The van der Waals surface area contributed by atoms with Crippen molar-refractivity contribution < 1.29 is 46.1 Å². The number of anilines is 2. The summed E-state index contributed by atoms with van der Waals surface area (Å²) in [4.78, 5) is 35.8. The van der Waals surface area contributed by atoms with Crippen LogP contribution in [0.15, 0.2) is 60.7 Å². The van der Waals surface area contributed by atoms with E-state index >= 15 is 0 Å². The average molecular weight is 1360 g/mol. The number of carbonyl (C=O) groups excluding carboxylic acids is 2. The number of hydrogen-bond donors (Lipinski definition) is 2. The van der Waals surface area contributed by atoms with E-state index in [4.69, 9.17) is 46.4 Å². The van der Waals surface area contributed by atoms with Gasteiger partial charge in [-0.15, -0.1) is 0 Å². The van der Waals surface area contributed by atoms with Crippen molar-refractivity contribution in [1.82, 2.24) is 9.80 Å². The monoisotopic (exact) mass is 1360 g/mol. The Morgan fingerprint density at radius 1 is 0.513 bits per heavy atom. The molecule has 0 radical (unpaired) electrons. The quantitative estimate of drug-likeness (QED) is 0.0859. The molecule has 8 aliphatic rings. The van der Waals surface area contributed by atoms with E-state index in [1.807, 2.05) is 45.2 Å².